The molecule has 0 N–H and O–H groups in total. The number of carbonyl (C=O) groups is 1. The molecule has 0 radical (unpaired) electrons. The molecule has 0 aromatic heterocycles. The maximum atomic E-state index is 11.4. The van der Waals surface area contributed by atoms with Crippen molar-refractivity contribution in [1.82, 2.24) is 0 Å². The van der Waals surface area contributed by atoms with Crippen molar-refractivity contribution in [2.45, 2.75) is 20.5 Å². The Morgan fingerprint density at radius 3 is 2.44 bits per heavy atom. The summed E-state index contributed by atoms with van der Waals surface area (Å²) >= 11 is 12.3. The van der Waals surface area contributed by atoms with Crippen LogP contribution < -0.4 is 14.2 Å². The standard InChI is InChI=1S/C18H18Cl2O5/c1-4-23-15-6-5-7-16(25-18(21)22-3)12(15)10-24-17-9-13(19)11(2)8-14(17)20/h5-9H,4,10H2,1-3H3. The van der Waals surface area contributed by atoms with Crippen LogP contribution in [0, 0.1) is 6.92 Å². The van der Waals surface area contributed by atoms with Gasteiger partial charge in [0.15, 0.2) is 0 Å². The smallest absolute Gasteiger partial charge is 0.493 e. The number of methoxy groups -OCH3 is 1. The van der Waals surface area contributed by atoms with E-state index in [9.17, 15) is 4.79 Å². The molecule has 0 unspecified atom stereocenters. The molecule has 0 saturated heterocycles. The molecule has 2 rings (SSSR count). The third-order valence-corrected chi connectivity index (χ3v) is 4.04. The third kappa shape index (κ3) is 4.94. The summed E-state index contributed by atoms with van der Waals surface area (Å²) in [5.74, 6) is 1.25. The number of benzene rings is 2. The van der Waals surface area contributed by atoms with Gasteiger partial charge in [0, 0.05) is 11.1 Å². The number of halogens is 2. The fraction of sp³-hybridized carbons (Fsp3) is 0.278. The zero-order valence-corrected chi connectivity index (χ0v) is 15.6. The summed E-state index contributed by atoms with van der Waals surface area (Å²) < 4.78 is 21.1. The van der Waals surface area contributed by atoms with Gasteiger partial charge in [-0.15, -0.1) is 0 Å². The number of hydrogen-bond donors (Lipinski definition) is 0. The number of aryl methyl sites for hydroxylation is 1. The molecular formula is C18H18Cl2O5. The lowest BCUT2D eigenvalue weighted by Crippen LogP contribution is -2.11. The minimum atomic E-state index is -0.827. The van der Waals surface area contributed by atoms with Crippen LogP contribution in [0.2, 0.25) is 10.0 Å². The lowest BCUT2D eigenvalue weighted by atomic mass is 10.2. The molecule has 0 bridgehead atoms. The van der Waals surface area contributed by atoms with Gasteiger partial charge in [0.05, 0.1) is 24.3 Å². The molecule has 0 amide bonds. The predicted molar refractivity (Wildman–Crippen MR) is 96.2 cm³/mol. The monoisotopic (exact) mass is 384 g/mol. The Morgan fingerprint density at radius 1 is 1.04 bits per heavy atom. The van der Waals surface area contributed by atoms with Crippen molar-refractivity contribution in [2.75, 3.05) is 13.7 Å². The SMILES string of the molecule is CCOc1cccc(OC(=O)OC)c1COc1cc(Cl)c(C)cc1Cl. The van der Waals surface area contributed by atoms with Crippen LogP contribution >= 0.6 is 23.2 Å². The second kappa shape index (κ2) is 8.83. The summed E-state index contributed by atoms with van der Waals surface area (Å²) in [6.07, 6.45) is -0.827. The highest BCUT2D eigenvalue weighted by Crippen LogP contribution is 2.34. The van der Waals surface area contributed by atoms with Crippen LogP contribution in [0.4, 0.5) is 4.79 Å². The molecule has 0 aliphatic carbocycles. The summed E-state index contributed by atoms with van der Waals surface area (Å²) in [5.41, 5.74) is 1.41. The molecule has 0 aliphatic heterocycles. The van der Waals surface area contributed by atoms with Crippen molar-refractivity contribution >= 4 is 29.4 Å². The molecule has 2 aromatic rings. The predicted octanol–water partition coefficient (Wildman–Crippen LogP) is 5.42. The van der Waals surface area contributed by atoms with Crippen molar-refractivity contribution in [1.29, 1.82) is 0 Å². The fourth-order valence-corrected chi connectivity index (χ4v) is 2.52. The van der Waals surface area contributed by atoms with Crippen LogP contribution in [0.5, 0.6) is 17.2 Å². The van der Waals surface area contributed by atoms with Crippen molar-refractivity contribution in [3.63, 3.8) is 0 Å². The zero-order chi connectivity index (χ0) is 18.4. The second-order valence-corrected chi connectivity index (χ2v) is 5.86. The highest BCUT2D eigenvalue weighted by atomic mass is 35.5. The van der Waals surface area contributed by atoms with E-state index in [-0.39, 0.29) is 12.4 Å². The fourth-order valence-electron chi connectivity index (χ4n) is 2.09. The van der Waals surface area contributed by atoms with Crippen LogP contribution in [-0.2, 0) is 11.3 Å². The van der Waals surface area contributed by atoms with Crippen LogP contribution in [0.15, 0.2) is 30.3 Å². The molecule has 2 aromatic carbocycles. The van der Waals surface area contributed by atoms with Gasteiger partial charge in [-0.3, -0.25) is 0 Å². The number of carbonyl (C=O) groups excluding carboxylic acids is 1. The molecule has 134 valence electrons. The van der Waals surface area contributed by atoms with E-state index in [2.05, 4.69) is 4.74 Å². The lowest BCUT2D eigenvalue weighted by molar-refractivity contribution is 0.120. The van der Waals surface area contributed by atoms with Crippen LogP contribution in [0.1, 0.15) is 18.1 Å². The summed E-state index contributed by atoms with van der Waals surface area (Å²) in [5, 5.41) is 0.981. The quantitative estimate of drug-likeness (QED) is 0.491. The van der Waals surface area contributed by atoms with Crippen LogP contribution in [0.25, 0.3) is 0 Å². The molecule has 0 atom stereocenters. The molecule has 7 heteroatoms. The molecule has 0 spiro atoms. The summed E-state index contributed by atoms with van der Waals surface area (Å²) in [6, 6.07) is 8.46. The van der Waals surface area contributed by atoms with Crippen molar-refractivity contribution in [3.8, 4) is 17.2 Å². The topological polar surface area (TPSA) is 54.0 Å². The molecule has 5 nitrogen and oxygen atoms in total. The molecule has 0 saturated carbocycles. The first kappa shape index (κ1) is 19.2. The summed E-state index contributed by atoms with van der Waals surface area (Å²) in [7, 11) is 1.24. The minimum absolute atomic E-state index is 0.0710. The second-order valence-electron chi connectivity index (χ2n) is 5.04. The number of hydrogen-bond acceptors (Lipinski definition) is 5. The Kier molecular flexibility index (Phi) is 6.79. The lowest BCUT2D eigenvalue weighted by Gasteiger charge is -2.16. The van der Waals surface area contributed by atoms with E-state index in [1.165, 1.54) is 7.11 Å². The van der Waals surface area contributed by atoms with Crippen molar-refractivity contribution < 1.29 is 23.7 Å². The molecular weight excluding hydrogens is 367 g/mol. The van der Waals surface area contributed by atoms with Gasteiger partial charge in [-0.05, 0) is 37.6 Å². The Morgan fingerprint density at radius 2 is 1.76 bits per heavy atom. The Balaban J connectivity index is 2.30. The number of rotatable bonds is 6. The van der Waals surface area contributed by atoms with E-state index >= 15 is 0 Å². The first-order chi connectivity index (χ1) is 12.0. The van der Waals surface area contributed by atoms with E-state index in [1.807, 2.05) is 13.8 Å². The highest BCUT2D eigenvalue weighted by Gasteiger charge is 2.16. The first-order valence-electron chi connectivity index (χ1n) is 7.55. The molecule has 0 fully saturated rings. The maximum Gasteiger partial charge on any atom is 0.513 e. The Hall–Kier alpha value is -2.11. The largest absolute Gasteiger partial charge is 0.513 e. The van der Waals surface area contributed by atoms with Gasteiger partial charge in [0.1, 0.15) is 23.9 Å². The van der Waals surface area contributed by atoms with E-state index < -0.39 is 6.16 Å². The Bertz CT molecular complexity index is 761. The van der Waals surface area contributed by atoms with E-state index in [1.54, 1.807) is 30.3 Å². The number of ether oxygens (including phenoxy) is 4. The van der Waals surface area contributed by atoms with Gasteiger partial charge in [-0.2, -0.15) is 0 Å². The third-order valence-electron chi connectivity index (χ3n) is 3.34. The average Bonchev–Trinajstić information content (AvgIpc) is 2.58. The van der Waals surface area contributed by atoms with Crippen molar-refractivity contribution in [2.24, 2.45) is 0 Å². The molecule has 0 heterocycles. The van der Waals surface area contributed by atoms with Crippen LogP contribution in [0.3, 0.4) is 0 Å². The Labute approximate surface area is 156 Å². The summed E-state index contributed by atoms with van der Waals surface area (Å²) in [6.45, 7) is 4.23. The highest BCUT2D eigenvalue weighted by molar-refractivity contribution is 6.34. The maximum absolute atomic E-state index is 11.4. The van der Waals surface area contributed by atoms with Gasteiger partial charge in [-0.25, -0.2) is 4.79 Å². The van der Waals surface area contributed by atoms with Crippen molar-refractivity contribution in [3.05, 3.63) is 51.5 Å². The van der Waals surface area contributed by atoms with Gasteiger partial charge in [-0.1, -0.05) is 29.3 Å². The summed E-state index contributed by atoms with van der Waals surface area (Å²) in [4.78, 5) is 11.4. The van der Waals surface area contributed by atoms with Gasteiger partial charge in [0.25, 0.3) is 0 Å². The van der Waals surface area contributed by atoms with E-state index in [4.69, 9.17) is 37.4 Å². The molecule has 0 aliphatic rings. The van der Waals surface area contributed by atoms with E-state index in [0.29, 0.717) is 33.7 Å². The van der Waals surface area contributed by atoms with Crippen LogP contribution in [-0.4, -0.2) is 19.9 Å². The zero-order valence-electron chi connectivity index (χ0n) is 14.1. The molecule has 25 heavy (non-hydrogen) atoms. The van der Waals surface area contributed by atoms with Gasteiger partial charge < -0.3 is 18.9 Å². The van der Waals surface area contributed by atoms with Gasteiger partial charge >= 0.3 is 6.16 Å². The van der Waals surface area contributed by atoms with E-state index in [0.717, 1.165) is 5.56 Å². The normalized spacial score (nSPS) is 10.3. The minimum Gasteiger partial charge on any atom is -0.493 e. The van der Waals surface area contributed by atoms with Gasteiger partial charge in [0.2, 0.25) is 0 Å². The average molecular weight is 385 g/mol. The first-order valence-corrected chi connectivity index (χ1v) is 8.30.